The smallest absolute Gasteiger partial charge is 0.319 e. The highest BCUT2D eigenvalue weighted by molar-refractivity contribution is 8.00. The normalized spacial score (nSPS) is 11.8. The van der Waals surface area contributed by atoms with Crippen molar-refractivity contribution in [1.29, 1.82) is 0 Å². The maximum absolute atomic E-state index is 11.4. The van der Waals surface area contributed by atoms with Crippen LogP contribution in [-0.4, -0.2) is 15.8 Å². The summed E-state index contributed by atoms with van der Waals surface area (Å²) in [6.07, 6.45) is 1.32. The van der Waals surface area contributed by atoms with Gasteiger partial charge in [0.25, 0.3) is 0 Å². The Labute approximate surface area is 120 Å². The van der Waals surface area contributed by atoms with E-state index in [0.717, 1.165) is 5.75 Å². The summed E-state index contributed by atoms with van der Waals surface area (Å²) in [6.45, 7) is 8.25. The second-order valence-electron chi connectivity index (χ2n) is 5.19. The topological polar surface area (TPSA) is 37.3 Å². The van der Waals surface area contributed by atoms with Crippen molar-refractivity contribution in [2.75, 3.05) is 0 Å². The number of rotatable bonds is 7. The number of carbonyl (C=O) groups is 1. The lowest BCUT2D eigenvalue weighted by Gasteiger charge is -2.26. The third-order valence-corrected chi connectivity index (χ3v) is 5.48. The summed E-state index contributed by atoms with van der Waals surface area (Å²) in [5, 5.41) is 9.40. The van der Waals surface area contributed by atoms with Gasteiger partial charge in [-0.15, -0.1) is 11.8 Å². The van der Waals surface area contributed by atoms with Gasteiger partial charge < -0.3 is 5.11 Å². The molecule has 0 amide bonds. The maximum Gasteiger partial charge on any atom is 0.319 e. The highest BCUT2D eigenvalue weighted by Gasteiger charge is 2.35. The number of thioether (sulfide) groups is 1. The largest absolute Gasteiger partial charge is 0.480 e. The number of benzene rings is 1. The highest BCUT2D eigenvalue weighted by atomic mass is 32.2. The predicted octanol–water partition coefficient (Wildman–Crippen LogP) is 4.69. The van der Waals surface area contributed by atoms with E-state index in [4.69, 9.17) is 0 Å². The van der Waals surface area contributed by atoms with Crippen LogP contribution in [-0.2, 0) is 10.5 Å². The Kier molecular flexibility index (Phi) is 5.92. The molecule has 1 aromatic carbocycles. The van der Waals surface area contributed by atoms with E-state index in [0.29, 0.717) is 18.8 Å². The first-order valence-corrected chi connectivity index (χ1v) is 7.90. The molecule has 0 aliphatic heterocycles. The van der Waals surface area contributed by atoms with E-state index in [1.165, 1.54) is 11.1 Å². The number of aliphatic carboxylic acids is 1. The SMILES string of the molecule is CCC(CC)(SCc1ccc(C(C)C)cc1)C(=O)O. The van der Waals surface area contributed by atoms with Crippen LogP contribution in [0.2, 0.25) is 0 Å². The van der Waals surface area contributed by atoms with Gasteiger partial charge in [0.2, 0.25) is 0 Å². The summed E-state index contributed by atoms with van der Waals surface area (Å²) in [6, 6.07) is 8.50. The third-order valence-electron chi connectivity index (χ3n) is 3.69. The van der Waals surface area contributed by atoms with Gasteiger partial charge in [0, 0.05) is 5.75 Å². The molecule has 0 aromatic heterocycles. The van der Waals surface area contributed by atoms with Gasteiger partial charge in [-0.05, 0) is 29.9 Å². The standard InChI is InChI=1S/C16H24O2S/c1-5-16(6-2,15(17)18)19-11-13-7-9-14(10-8-13)12(3)4/h7-10,12H,5-6,11H2,1-4H3,(H,17,18). The fraction of sp³-hybridized carbons (Fsp3) is 0.562. The Morgan fingerprint density at radius 2 is 1.74 bits per heavy atom. The molecule has 1 rings (SSSR count). The van der Waals surface area contributed by atoms with E-state index >= 15 is 0 Å². The van der Waals surface area contributed by atoms with Crippen molar-refractivity contribution >= 4 is 17.7 Å². The van der Waals surface area contributed by atoms with Crippen LogP contribution in [0.3, 0.4) is 0 Å². The molecule has 0 atom stereocenters. The van der Waals surface area contributed by atoms with Gasteiger partial charge in [-0.2, -0.15) is 0 Å². The van der Waals surface area contributed by atoms with Crippen molar-refractivity contribution in [1.82, 2.24) is 0 Å². The zero-order valence-corrected chi connectivity index (χ0v) is 13.1. The Balaban J connectivity index is 2.72. The zero-order chi connectivity index (χ0) is 14.5. The first-order valence-electron chi connectivity index (χ1n) is 6.91. The van der Waals surface area contributed by atoms with Crippen LogP contribution in [0.4, 0.5) is 0 Å². The summed E-state index contributed by atoms with van der Waals surface area (Å²) < 4.78 is -0.642. The second-order valence-corrected chi connectivity index (χ2v) is 6.55. The first-order chi connectivity index (χ1) is 8.95. The lowest BCUT2D eigenvalue weighted by atomic mass is 10.0. The molecule has 0 radical (unpaired) electrons. The maximum atomic E-state index is 11.4. The predicted molar refractivity (Wildman–Crippen MR) is 82.8 cm³/mol. The van der Waals surface area contributed by atoms with Crippen LogP contribution < -0.4 is 0 Å². The average molecular weight is 280 g/mol. The van der Waals surface area contributed by atoms with Crippen LogP contribution in [0.25, 0.3) is 0 Å². The molecule has 1 N–H and O–H groups in total. The summed E-state index contributed by atoms with van der Waals surface area (Å²) in [5.74, 6) is 0.596. The molecule has 0 spiro atoms. The molecule has 0 bridgehead atoms. The molecule has 0 saturated carbocycles. The molecular formula is C16H24O2S. The van der Waals surface area contributed by atoms with Crippen molar-refractivity contribution in [2.24, 2.45) is 0 Å². The van der Waals surface area contributed by atoms with Gasteiger partial charge in [0.05, 0.1) is 0 Å². The molecule has 0 saturated heterocycles. The molecule has 0 unspecified atom stereocenters. The Morgan fingerprint density at radius 3 is 2.11 bits per heavy atom. The van der Waals surface area contributed by atoms with Crippen molar-refractivity contribution < 1.29 is 9.90 Å². The second kappa shape index (κ2) is 6.99. The minimum Gasteiger partial charge on any atom is -0.480 e. The fourth-order valence-electron chi connectivity index (χ4n) is 2.04. The van der Waals surface area contributed by atoms with Crippen molar-refractivity contribution in [3.63, 3.8) is 0 Å². The van der Waals surface area contributed by atoms with E-state index in [-0.39, 0.29) is 0 Å². The van der Waals surface area contributed by atoms with Crippen LogP contribution in [0.15, 0.2) is 24.3 Å². The van der Waals surface area contributed by atoms with Crippen molar-refractivity contribution in [3.8, 4) is 0 Å². The van der Waals surface area contributed by atoms with E-state index in [1.807, 2.05) is 13.8 Å². The van der Waals surface area contributed by atoms with Crippen LogP contribution >= 0.6 is 11.8 Å². The van der Waals surface area contributed by atoms with Crippen molar-refractivity contribution in [3.05, 3.63) is 35.4 Å². The minimum atomic E-state index is -0.693. The van der Waals surface area contributed by atoms with Crippen LogP contribution in [0.5, 0.6) is 0 Å². The molecule has 0 aliphatic rings. The molecule has 2 nitrogen and oxygen atoms in total. The van der Waals surface area contributed by atoms with Crippen LogP contribution in [0.1, 0.15) is 57.6 Å². The quantitative estimate of drug-likeness (QED) is 0.787. The molecule has 3 heteroatoms. The number of hydrogen-bond donors (Lipinski definition) is 1. The third kappa shape index (κ3) is 4.00. The highest BCUT2D eigenvalue weighted by Crippen LogP contribution is 2.35. The Hall–Kier alpha value is -0.960. The number of carboxylic acid groups (broad SMARTS) is 1. The van der Waals surface area contributed by atoms with E-state index in [2.05, 4.69) is 38.1 Å². The van der Waals surface area contributed by atoms with E-state index < -0.39 is 10.7 Å². The Bertz CT molecular complexity index is 405. The van der Waals surface area contributed by atoms with Gasteiger partial charge in [-0.3, -0.25) is 4.79 Å². The molecule has 0 aliphatic carbocycles. The lowest BCUT2D eigenvalue weighted by Crippen LogP contribution is -2.33. The van der Waals surface area contributed by atoms with Gasteiger partial charge in [0.1, 0.15) is 4.75 Å². The van der Waals surface area contributed by atoms with Gasteiger partial charge in [0.15, 0.2) is 0 Å². The lowest BCUT2D eigenvalue weighted by molar-refractivity contribution is -0.140. The molecule has 1 aromatic rings. The number of hydrogen-bond acceptors (Lipinski definition) is 2. The van der Waals surface area contributed by atoms with Crippen LogP contribution in [0, 0.1) is 0 Å². The molecule has 0 heterocycles. The van der Waals surface area contributed by atoms with Gasteiger partial charge >= 0.3 is 5.97 Å². The fourth-order valence-corrected chi connectivity index (χ4v) is 3.21. The van der Waals surface area contributed by atoms with Gasteiger partial charge in [-0.25, -0.2) is 0 Å². The average Bonchev–Trinajstić information content (AvgIpc) is 2.40. The first kappa shape index (κ1) is 16.1. The molecule has 106 valence electrons. The van der Waals surface area contributed by atoms with E-state index in [1.54, 1.807) is 11.8 Å². The Morgan fingerprint density at radius 1 is 1.21 bits per heavy atom. The molecule has 19 heavy (non-hydrogen) atoms. The summed E-state index contributed by atoms with van der Waals surface area (Å²) >= 11 is 1.54. The summed E-state index contributed by atoms with van der Waals surface area (Å²) in [7, 11) is 0. The zero-order valence-electron chi connectivity index (χ0n) is 12.3. The monoisotopic (exact) mass is 280 g/mol. The number of carboxylic acids is 1. The van der Waals surface area contributed by atoms with Crippen molar-refractivity contribution in [2.45, 2.75) is 57.0 Å². The summed E-state index contributed by atoms with van der Waals surface area (Å²) in [5.41, 5.74) is 2.52. The van der Waals surface area contributed by atoms with E-state index in [9.17, 15) is 9.90 Å². The summed E-state index contributed by atoms with van der Waals surface area (Å²) in [4.78, 5) is 11.4. The van der Waals surface area contributed by atoms with Gasteiger partial charge in [-0.1, -0.05) is 52.0 Å². The minimum absolute atomic E-state index is 0.533. The molecule has 0 fully saturated rings. The molecular weight excluding hydrogens is 256 g/mol.